The van der Waals surface area contributed by atoms with Crippen molar-refractivity contribution in [3.8, 4) is 5.75 Å². The molecule has 0 aliphatic rings. The Hall–Kier alpha value is -2.91. The van der Waals surface area contributed by atoms with Gasteiger partial charge in [0.1, 0.15) is 10.6 Å². The highest BCUT2D eigenvalue weighted by Gasteiger charge is 2.17. The largest absolute Gasteiger partial charge is 0.386 e. The summed E-state index contributed by atoms with van der Waals surface area (Å²) in [5.41, 5.74) is 2.09. The van der Waals surface area contributed by atoms with E-state index in [1.54, 1.807) is 43.4 Å². The first-order chi connectivity index (χ1) is 15.8. The monoisotopic (exact) mass is 474 g/mol. The second kappa shape index (κ2) is 13.0. The van der Waals surface area contributed by atoms with E-state index in [-0.39, 0.29) is 16.6 Å². The third kappa shape index (κ3) is 8.51. The van der Waals surface area contributed by atoms with Crippen molar-refractivity contribution < 1.29 is 17.4 Å². The zero-order valence-corrected chi connectivity index (χ0v) is 20.5. The Morgan fingerprint density at radius 3 is 2.33 bits per heavy atom. The molecule has 2 aromatic rings. The van der Waals surface area contributed by atoms with Gasteiger partial charge in [0.25, 0.3) is 0 Å². The van der Waals surface area contributed by atoms with Crippen molar-refractivity contribution in [1.29, 1.82) is 0 Å². The fraction of sp³-hybridized carbons (Fsp3) is 0.417. The van der Waals surface area contributed by atoms with Gasteiger partial charge in [0.05, 0.1) is 17.7 Å². The van der Waals surface area contributed by atoms with E-state index < -0.39 is 10.1 Å². The number of anilines is 1. The number of benzene rings is 2. The molecular weight excluding hydrogens is 440 g/mol. The van der Waals surface area contributed by atoms with Crippen molar-refractivity contribution in [3.63, 3.8) is 0 Å². The Morgan fingerprint density at radius 1 is 1.09 bits per heavy atom. The second-order valence-corrected chi connectivity index (χ2v) is 9.27. The lowest BCUT2D eigenvalue weighted by Crippen LogP contribution is -2.28. The maximum atomic E-state index is 12.8. The Bertz CT molecular complexity index is 1030. The van der Waals surface area contributed by atoms with Gasteiger partial charge in [-0.15, -0.1) is 0 Å². The number of carbonyl (C=O) groups is 1. The number of carbonyl (C=O) groups excluding carboxylic acids is 1. The Labute approximate surface area is 197 Å². The van der Waals surface area contributed by atoms with Gasteiger partial charge in [-0.2, -0.15) is 8.42 Å². The molecule has 2 rings (SSSR count). The van der Waals surface area contributed by atoms with Crippen LogP contribution < -0.4 is 20.1 Å². The molecule has 180 valence electrons. The number of nitrogens with zero attached hydrogens (tertiary/aromatic N) is 1. The van der Waals surface area contributed by atoms with Gasteiger partial charge in [-0.25, -0.2) is 4.99 Å². The predicted molar refractivity (Wildman–Crippen MR) is 133 cm³/mol. The van der Waals surface area contributed by atoms with E-state index in [0.29, 0.717) is 24.0 Å². The van der Waals surface area contributed by atoms with E-state index in [1.807, 2.05) is 0 Å². The van der Waals surface area contributed by atoms with Crippen LogP contribution in [0.4, 0.5) is 11.4 Å². The molecule has 0 saturated carbocycles. The van der Waals surface area contributed by atoms with Gasteiger partial charge in [-0.1, -0.05) is 38.8 Å². The van der Waals surface area contributed by atoms with Gasteiger partial charge in [0.2, 0.25) is 5.91 Å². The summed E-state index contributed by atoms with van der Waals surface area (Å²) in [4.78, 5) is 15.3. The minimum Gasteiger partial charge on any atom is -0.386 e. The van der Waals surface area contributed by atoms with Crippen LogP contribution in [0.2, 0.25) is 0 Å². The zero-order valence-electron chi connectivity index (χ0n) is 19.7. The minimum absolute atomic E-state index is 0.0749. The van der Waals surface area contributed by atoms with Gasteiger partial charge in [0.15, 0.2) is 0 Å². The lowest BCUT2D eigenvalue weighted by atomic mass is 10.1. The first-order valence-corrected chi connectivity index (χ1v) is 12.6. The topological polar surface area (TPSA) is 109 Å². The zero-order chi connectivity index (χ0) is 24.3. The summed E-state index contributed by atoms with van der Waals surface area (Å²) in [6.45, 7) is 6.41. The summed E-state index contributed by atoms with van der Waals surface area (Å²) in [6, 6.07) is 11.9. The van der Waals surface area contributed by atoms with E-state index in [0.717, 1.165) is 31.2 Å². The molecule has 0 fully saturated rings. The van der Waals surface area contributed by atoms with Crippen LogP contribution in [0.1, 0.15) is 52.0 Å². The maximum Gasteiger partial charge on any atom is 0.339 e. The van der Waals surface area contributed by atoms with E-state index in [4.69, 9.17) is 4.18 Å². The highest BCUT2D eigenvalue weighted by molar-refractivity contribution is 7.87. The average Bonchev–Trinajstić information content (AvgIpc) is 2.78. The van der Waals surface area contributed by atoms with Crippen molar-refractivity contribution in [2.45, 2.75) is 63.9 Å². The third-order valence-corrected chi connectivity index (χ3v) is 6.26. The molecular formula is C24H34N4O4S. The normalized spacial score (nSPS) is 11.7. The molecule has 2 aromatic carbocycles. The summed E-state index contributed by atoms with van der Waals surface area (Å²) in [5, 5.41) is 8.96. The predicted octanol–water partition coefficient (Wildman–Crippen LogP) is 4.35. The van der Waals surface area contributed by atoms with Crippen molar-refractivity contribution in [2.24, 2.45) is 4.99 Å². The Kier molecular flexibility index (Phi) is 10.3. The summed E-state index contributed by atoms with van der Waals surface area (Å²) in [7, 11) is -2.30. The van der Waals surface area contributed by atoms with Crippen molar-refractivity contribution in [1.82, 2.24) is 10.6 Å². The Balaban J connectivity index is 2.10. The first-order valence-electron chi connectivity index (χ1n) is 11.2. The summed E-state index contributed by atoms with van der Waals surface area (Å²) >= 11 is 0. The molecule has 0 atom stereocenters. The summed E-state index contributed by atoms with van der Waals surface area (Å²) in [5.74, 6) is -0.138. The molecule has 0 saturated heterocycles. The SMILES string of the molecule is CCCC(CCC)NCc1ccc(S(=O)(=O)Oc2ccc(NC)c(N=CNC(C)=O)c2)cc1. The number of hydrogen-bond donors (Lipinski definition) is 3. The van der Waals surface area contributed by atoms with Crippen LogP contribution in [0.25, 0.3) is 0 Å². The smallest absolute Gasteiger partial charge is 0.339 e. The lowest BCUT2D eigenvalue weighted by molar-refractivity contribution is -0.117. The van der Waals surface area contributed by atoms with Gasteiger partial charge >= 0.3 is 10.1 Å². The number of aliphatic imine (C=N–C) groups is 1. The van der Waals surface area contributed by atoms with Gasteiger partial charge in [-0.05, 0) is 42.7 Å². The molecule has 0 aliphatic carbocycles. The van der Waals surface area contributed by atoms with E-state index in [9.17, 15) is 13.2 Å². The first kappa shape index (κ1) is 26.3. The van der Waals surface area contributed by atoms with Crippen LogP contribution in [-0.4, -0.2) is 33.8 Å². The highest BCUT2D eigenvalue weighted by atomic mass is 32.2. The van der Waals surface area contributed by atoms with Crippen LogP contribution in [0.3, 0.4) is 0 Å². The van der Waals surface area contributed by atoms with Crippen LogP contribution in [-0.2, 0) is 21.5 Å². The molecule has 3 N–H and O–H groups in total. The standard InChI is InChI=1S/C24H34N4O4S/c1-5-7-20(8-6-2)26-16-19-9-12-22(13-10-19)33(30,31)32-21-11-14-23(25-4)24(15-21)28-17-27-18(3)29/h9-15,17,20,25-26H,5-8,16H2,1-4H3,(H,27,28,29). The fourth-order valence-electron chi connectivity index (χ4n) is 3.33. The van der Waals surface area contributed by atoms with Gasteiger partial charge < -0.3 is 20.1 Å². The molecule has 0 heterocycles. The van der Waals surface area contributed by atoms with Gasteiger partial charge in [0, 0.05) is 32.6 Å². The average molecular weight is 475 g/mol. The van der Waals surface area contributed by atoms with Crippen LogP contribution in [0.15, 0.2) is 52.4 Å². The van der Waals surface area contributed by atoms with Crippen molar-refractivity contribution >= 4 is 33.7 Å². The molecule has 0 spiro atoms. The molecule has 0 bridgehead atoms. The molecule has 8 nitrogen and oxygen atoms in total. The minimum atomic E-state index is -4.01. The van der Waals surface area contributed by atoms with E-state index in [1.165, 1.54) is 19.3 Å². The highest BCUT2D eigenvalue weighted by Crippen LogP contribution is 2.30. The van der Waals surface area contributed by atoms with E-state index >= 15 is 0 Å². The van der Waals surface area contributed by atoms with Crippen LogP contribution >= 0.6 is 0 Å². The van der Waals surface area contributed by atoms with Crippen LogP contribution in [0, 0.1) is 0 Å². The quantitative estimate of drug-likeness (QED) is 0.226. The van der Waals surface area contributed by atoms with Crippen molar-refractivity contribution in [3.05, 3.63) is 48.0 Å². The van der Waals surface area contributed by atoms with Crippen molar-refractivity contribution in [2.75, 3.05) is 12.4 Å². The summed E-state index contributed by atoms with van der Waals surface area (Å²) in [6.07, 6.45) is 5.74. The molecule has 0 aromatic heterocycles. The molecule has 0 unspecified atom stereocenters. The molecule has 0 radical (unpaired) electrons. The molecule has 1 amide bonds. The third-order valence-electron chi connectivity index (χ3n) is 5.00. The Morgan fingerprint density at radius 2 is 1.76 bits per heavy atom. The molecule has 9 heteroatoms. The number of nitrogens with one attached hydrogen (secondary N) is 3. The number of amides is 1. The van der Waals surface area contributed by atoms with Gasteiger partial charge in [-0.3, -0.25) is 4.79 Å². The van der Waals surface area contributed by atoms with Crippen LogP contribution in [0.5, 0.6) is 5.75 Å². The molecule has 0 aliphatic heterocycles. The maximum absolute atomic E-state index is 12.8. The number of hydrogen-bond acceptors (Lipinski definition) is 7. The second-order valence-electron chi connectivity index (χ2n) is 7.72. The lowest BCUT2D eigenvalue weighted by Gasteiger charge is -2.17. The summed E-state index contributed by atoms with van der Waals surface area (Å²) < 4.78 is 30.9. The molecule has 33 heavy (non-hydrogen) atoms. The fourth-order valence-corrected chi connectivity index (χ4v) is 4.25. The number of rotatable bonds is 13. The van der Waals surface area contributed by atoms with E-state index in [2.05, 4.69) is 34.8 Å².